The average molecular weight is 261 g/mol. The van der Waals surface area contributed by atoms with E-state index in [0.717, 1.165) is 12.3 Å². The zero-order chi connectivity index (χ0) is 13.7. The summed E-state index contributed by atoms with van der Waals surface area (Å²) in [7, 11) is 0. The summed E-state index contributed by atoms with van der Waals surface area (Å²) in [5.41, 5.74) is 7.40. The number of ether oxygens (including phenoxy) is 1. The number of benzene rings is 1. The molecule has 1 aliphatic carbocycles. The van der Waals surface area contributed by atoms with E-state index in [0.29, 0.717) is 11.8 Å². The van der Waals surface area contributed by atoms with Crippen LogP contribution in [-0.4, -0.2) is 12.6 Å². The van der Waals surface area contributed by atoms with Crippen molar-refractivity contribution in [2.24, 2.45) is 11.7 Å². The predicted octanol–water partition coefficient (Wildman–Crippen LogP) is 4.10. The Morgan fingerprint density at radius 3 is 2.74 bits per heavy atom. The summed E-state index contributed by atoms with van der Waals surface area (Å²) in [6.07, 6.45) is 6.80. The Hall–Kier alpha value is -1.02. The van der Waals surface area contributed by atoms with Gasteiger partial charge in [0.1, 0.15) is 5.75 Å². The molecule has 2 nitrogen and oxygen atoms in total. The second-order valence-electron chi connectivity index (χ2n) is 5.98. The van der Waals surface area contributed by atoms with Crippen molar-refractivity contribution in [2.75, 3.05) is 6.54 Å². The van der Waals surface area contributed by atoms with Crippen molar-refractivity contribution in [1.29, 1.82) is 0 Å². The second kappa shape index (κ2) is 6.95. The summed E-state index contributed by atoms with van der Waals surface area (Å²) in [5.74, 6) is 2.24. The van der Waals surface area contributed by atoms with E-state index in [2.05, 4.69) is 38.1 Å². The molecule has 2 rings (SSSR count). The predicted molar refractivity (Wildman–Crippen MR) is 80.6 cm³/mol. The fourth-order valence-corrected chi connectivity index (χ4v) is 3.20. The lowest BCUT2D eigenvalue weighted by Crippen LogP contribution is -2.21. The van der Waals surface area contributed by atoms with Crippen LogP contribution in [0, 0.1) is 5.92 Å². The molecule has 1 fully saturated rings. The van der Waals surface area contributed by atoms with E-state index in [1.54, 1.807) is 0 Å². The van der Waals surface area contributed by atoms with Gasteiger partial charge in [-0.2, -0.15) is 0 Å². The molecule has 0 saturated heterocycles. The highest BCUT2D eigenvalue weighted by atomic mass is 16.5. The number of rotatable bonds is 4. The van der Waals surface area contributed by atoms with Crippen LogP contribution in [0.3, 0.4) is 0 Å². The lowest BCUT2D eigenvalue weighted by molar-refractivity contribution is 0.242. The fraction of sp³-hybridized carbons (Fsp3) is 0.647. The molecule has 0 radical (unpaired) electrons. The van der Waals surface area contributed by atoms with Crippen LogP contribution in [0.1, 0.15) is 57.4 Å². The normalized spacial score (nSPS) is 24.2. The van der Waals surface area contributed by atoms with Crippen molar-refractivity contribution in [3.05, 3.63) is 29.8 Å². The molecular weight excluding hydrogens is 234 g/mol. The van der Waals surface area contributed by atoms with Gasteiger partial charge in [-0.25, -0.2) is 0 Å². The van der Waals surface area contributed by atoms with Gasteiger partial charge < -0.3 is 10.5 Å². The van der Waals surface area contributed by atoms with Gasteiger partial charge in [0.25, 0.3) is 0 Å². The summed E-state index contributed by atoms with van der Waals surface area (Å²) in [6, 6.07) is 8.63. The quantitative estimate of drug-likeness (QED) is 0.828. The van der Waals surface area contributed by atoms with E-state index in [-0.39, 0.29) is 6.10 Å². The summed E-state index contributed by atoms with van der Waals surface area (Å²) in [5, 5.41) is 0. The van der Waals surface area contributed by atoms with Crippen LogP contribution in [0.15, 0.2) is 24.3 Å². The van der Waals surface area contributed by atoms with Gasteiger partial charge in [-0.1, -0.05) is 31.4 Å². The third kappa shape index (κ3) is 3.97. The van der Waals surface area contributed by atoms with Crippen molar-refractivity contribution < 1.29 is 4.74 Å². The lowest BCUT2D eigenvalue weighted by Gasteiger charge is -2.25. The van der Waals surface area contributed by atoms with E-state index in [1.807, 2.05) is 0 Å². The topological polar surface area (TPSA) is 35.2 Å². The minimum atomic E-state index is 0.231. The molecule has 0 aromatic heterocycles. The fourth-order valence-electron chi connectivity index (χ4n) is 3.20. The van der Waals surface area contributed by atoms with Crippen molar-refractivity contribution in [3.63, 3.8) is 0 Å². The van der Waals surface area contributed by atoms with Gasteiger partial charge in [-0.3, -0.25) is 0 Å². The number of hydrogen-bond acceptors (Lipinski definition) is 2. The molecular formula is C17H27NO. The first-order valence-electron chi connectivity index (χ1n) is 7.67. The highest BCUT2D eigenvalue weighted by molar-refractivity contribution is 5.31. The van der Waals surface area contributed by atoms with E-state index in [9.17, 15) is 0 Å². The van der Waals surface area contributed by atoms with Crippen molar-refractivity contribution in [3.8, 4) is 5.75 Å². The monoisotopic (exact) mass is 261 g/mol. The van der Waals surface area contributed by atoms with Crippen molar-refractivity contribution >= 4 is 0 Å². The molecule has 1 aromatic carbocycles. The summed E-state index contributed by atoms with van der Waals surface area (Å²) < 4.78 is 5.81. The Labute approximate surface area is 117 Å². The van der Waals surface area contributed by atoms with E-state index < -0.39 is 0 Å². The first kappa shape index (κ1) is 14.4. The standard InChI is InChI=1S/C17H27NO/c1-13(2)19-16-9-6-8-14(11-16)17-10-5-3-4-7-15(17)12-18/h6,8-9,11,13,15,17H,3-5,7,10,12,18H2,1-2H3. The van der Waals surface area contributed by atoms with Crippen molar-refractivity contribution in [1.82, 2.24) is 0 Å². The maximum atomic E-state index is 5.99. The first-order valence-corrected chi connectivity index (χ1v) is 7.67. The molecule has 1 aliphatic rings. The number of hydrogen-bond donors (Lipinski definition) is 1. The minimum Gasteiger partial charge on any atom is -0.491 e. The highest BCUT2D eigenvalue weighted by Crippen LogP contribution is 2.37. The van der Waals surface area contributed by atoms with Crippen LogP contribution in [0.2, 0.25) is 0 Å². The smallest absolute Gasteiger partial charge is 0.119 e. The molecule has 2 unspecified atom stereocenters. The summed E-state index contributed by atoms with van der Waals surface area (Å²) >= 11 is 0. The van der Waals surface area contributed by atoms with Crippen LogP contribution in [0.4, 0.5) is 0 Å². The minimum absolute atomic E-state index is 0.231. The second-order valence-corrected chi connectivity index (χ2v) is 5.98. The van der Waals surface area contributed by atoms with E-state index in [4.69, 9.17) is 10.5 Å². The van der Waals surface area contributed by atoms with Crippen LogP contribution < -0.4 is 10.5 Å². The zero-order valence-corrected chi connectivity index (χ0v) is 12.3. The largest absolute Gasteiger partial charge is 0.491 e. The zero-order valence-electron chi connectivity index (χ0n) is 12.3. The molecule has 2 N–H and O–H groups in total. The Balaban J connectivity index is 2.18. The molecule has 2 heteroatoms. The average Bonchev–Trinajstić information content (AvgIpc) is 2.63. The molecule has 1 saturated carbocycles. The maximum Gasteiger partial charge on any atom is 0.119 e. The Bertz CT molecular complexity index is 389. The third-order valence-electron chi connectivity index (χ3n) is 4.12. The molecule has 1 aromatic rings. The molecule has 106 valence electrons. The van der Waals surface area contributed by atoms with E-state index >= 15 is 0 Å². The highest BCUT2D eigenvalue weighted by Gasteiger charge is 2.24. The van der Waals surface area contributed by atoms with Gasteiger partial charge in [0.2, 0.25) is 0 Å². The van der Waals surface area contributed by atoms with Crippen LogP contribution >= 0.6 is 0 Å². The molecule has 0 amide bonds. The summed E-state index contributed by atoms with van der Waals surface area (Å²) in [6.45, 7) is 4.95. The molecule has 0 heterocycles. The van der Waals surface area contributed by atoms with Gasteiger partial charge in [0.05, 0.1) is 6.10 Å². The van der Waals surface area contributed by atoms with Gasteiger partial charge in [0, 0.05) is 0 Å². The van der Waals surface area contributed by atoms with Gasteiger partial charge in [-0.05, 0) is 62.8 Å². The van der Waals surface area contributed by atoms with E-state index in [1.165, 1.54) is 37.7 Å². The molecule has 0 aliphatic heterocycles. The van der Waals surface area contributed by atoms with Crippen LogP contribution in [0.5, 0.6) is 5.75 Å². The van der Waals surface area contributed by atoms with Gasteiger partial charge in [-0.15, -0.1) is 0 Å². The lowest BCUT2D eigenvalue weighted by atomic mass is 9.82. The number of nitrogens with two attached hydrogens (primary N) is 1. The SMILES string of the molecule is CC(C)Oc1cccc(C2CCCCCC2CN)c1. The summed E-state index contributed by atoms with van der Waals surface area (Å²) in [4.78, 5) is 0. The molecule has 0 spiro atoms. The maximum absolute atomic E-state index is 5.99. The Morgan fingerprint density at radius 2 is 2.00 bits per heavy atom. The molecule has 2 atom stereocenters. The molecule has 0 bridgehead atoms. The van der Waals surface area contributed by atoms with Gasteiger partial charge in [0.15, 0.2) is 0 Å². The van der Waals surface area contributed by atoms with Gasteiger partial charge >= 0.3 is 0 Å². The van der Waals surface area contributed by atoms with Crippen LogP contribution in [0.25, 0.3) is 0 Å². The van der Waals surface area contributed by atoms with Crippen molar-refractivity contribution in [2.45, 2.75) is 58.0 Å². The Kier molecular flexibility index (Phi) is 5.26. The molecule has 19 heavy (non-hydrogen) atoms. The first-order chi connectivity index (χ1) is 9.20. The Morgan fingerprint density at radius 1 is 1.21 bits per heavy atom. The van der Waals surface area contributed by atoms with Crippen LogP contribution in [-0.2, 0) is 0 Å². The third-order valence-corrected chi connectivity index (χ3v) is 4.12.